The van der Waals surface area contributed by atoms with E-state index in [1.54, 1.807) is 6.07 Å². The first kappa shape index (κ1) is 17.5. The average Bonchev–Trinajstić information content (AvgIpc) is 3.08. The van der Waals surface area contributed by atoms with Gasteiger partial charge in [-0.15, -0.1) is 0 Å². The summed E-state index contributed by atoms with van der Waals surface area (Å²) in [6, 6.07) is 7.14. The van der Waals surface area contributed by atoms with Crippen molar-refractivity contribution in [2.75, 3.05) is 30.8 Å². The lowest BCUT2D eigenvalue weighted by molar-refractivity contribution is -0.137. The third kappa shape index (κ3) is 4.60. The van der Waals surface area contributed by atoms with Gasteiger partial charge in [-0.1, -0.05) is 18.2 Å². The molecule has 2 aromatic rings. The van der Waals surface area contributed by atoms with Gasteiger partial charge in [-0.05, 0) is 24.5 Å². The standard InChI is InChI=1S/C17H19F3N4O/c18-17(19,20)13-3-1-2-11(8-13)4-6-22-15-9-14(23-16(21)24-15)12-5-7-25-10-12/h1-3,8-9,12H,4-7,10H2,(H3,21,22,23,24)/t12-/m1/s1. The Kier molecular flexibility index (Phi) is 5.08. The van der Waals surface area contributed by atoms with E-state index in [0.717, 1.165) is 24.2 Å². The Labute approximate surface area is 143 Å². The summed E-state index contributed by atoms with van der Waals surface area (Å²) in [5.41, 5.74) is 6.54. The van der Waals surface area contributed by atoms with Crippen molar-refractivity contribution in [3.05, 3.63) is 47.2 Å². The fourth-order valence-corrected chi connectivity index (χ4v) is 2.79. The minimum atomic E-state index is -4.33. The van der Waals surface area contributed by atoms with Crippen LogP contribution in [0.25, 0.3) is 0 Å². The van der Waals surface area contributed by atoms with E-state index in [1.165, 1.54) is 6.07 Å². The highest BCUT2D eigenvalue weighted by Gasteiger charge is 2.30. The molecular weight excluding hydrogens is 333 g/mol. The number of alkyl halides is 3. The number of nitrogens with two attached hydrogens (primary N) is 1. The second kappa shape index (κ2) is 7.26. The number of nitrogens with zero attached hydrogens (tertiary/aromatic N) is 2. The molecule has 3 N–H and O–H groups in total. The van der Waals surface area contributed by atoms with Crippen LogP contribution in [0.15, 0.2) is 30.3 Å². The molecule has 0 saturated carbocycles. The molecular formula is C17H19F3N4O. The molecule has 8 heteroatoms. The molecule has 1 aromatic carbocycles. The number of nitrogen functional groups attached to an aromatic ring is 1. The van der Waals surface area contributed by atoms with Crippen molar-refractivity contribution in [2.24, 2.45) is 0 Å². The Morgan fingerprint density at radius 1 is 1.24 bits per heavy atom. The van der Waals surface area contributed by atoms with Crippen molar-refractivity contribution >= 4 is 11.8 Å². The summed E-state index contributed by atoms with van der Waals surface area (Å²) in [6.07, 6.45) is -3.00. The van der Waals surface area contributed by atoms with Crippen molar-refractivity contribution in [1.82, 2.24) is 9.97 Å². The number of ether oxygens (including phenoxy) is 1. The summed E-state index contributed by atoms with van der Waals surface area (Å²) in [5, 5.41) is 3.10. The van der Waals surface area contributed by atoms with Gasteiger partial charge in [-0.3, -0.25) is 0 Å². The Balaban J connectivity index is 1.62. The molecule has 0 spiro atoms. The van der Waals surface area contributed by atoms with Crippen LogP contribution < -0.4 is 11.1 Å². The quantitative estimate of drug-likeness (QED) is 0.864. The summed E-state index contributed by atoms with van der Waals surface area (Å²) in [7, 11) is 0. The Hall–Kier alpha value is -2.35. The van der Waals surface area contributed by atoms with Gasteiger partial charge in [0.05, 0.1) is 17.9 Å². The van der Waals surface area contributed by atoms with Gasteiger partial charge in [0, 0.05) is 25.1 Å². The number of benzene rings is 1. The third-order valence-electron chi connectivity index (χ3n) is 4.09. The second-order valence-electron chi connectivity index (χ2n) is 5.97. The monoisotopic (exact) mass is 352 g/mol. The van der Waals surface area contributed by atoms with E-state index in [-0.39, 0.29) is 11.9 Å². The molecule has 0 amide bonds. The molecule has 1 atom stereocenters. The molecule has 134 valence electrons. The fourth-order valence-electron chi connectivity index (χ4n) is 2.79. The van der Waals surface area contributed by atoms with Crippen LogP contribution in [0.3, 0.4) is 0 Å². The first-order valence-corrected chi connectivity index (χ1v) is 8.04. The normalized spacial score (nSPS) is 17.6. The molecule has 1 aromatic heterocycles. The summed E-state index contributed by atoms with van der Waals surface area (Å²) in [6.45, 7) is 1.76. The van der Waals surface area contributed by atoms with E-state index in [1.807, 2.05) is 6.07 Å². The minimum absolute atomic E-state index is 0.172. The molecule has 0 aliphatic carbocycles. The van der Waals surface area contributed by atoms with Gasteiger partial charge in [0.15, 0.2) is 0 Å². The van der Waals surface area contributed by atoms with E-state index in [9.17, 15) is 13.2 Å². The lowest BCUT2D eigenvalue weighted by atomic mass is 10.0. The maximum absolute atomic E-state index is 12.7. The predicted octanol–water partition coefficient (Wildman–Crippen LogP) is 3.24. The Morgan fingerprint density at radius 2 is 2.08 bits per heavy atom. The highest BCUT2D eigenvalue weighted by atomic mass is 19.4. The van der Waals surface area contributed by atoms with Crippen LogP contribution in [0, 0.1) is 0 Å². The lowest BCUT2D eigenvalue weighted by Gasteiger charge is -2.12. The number of aromatic nitrogens is 2. The maximum atomic E-state index is 12.7. The number of halogens is 3. The topological polar surface area (TPSA) is 73.1 Å². The number of hydrogen-bond donors (Lipinski definition) is 2. The summed E-state index contributed by atoms with van der Waals surface area (Å²) in [4.78, 5) is 8.37. The molecule has 3 rings (SSSR count). The summed E-state index contributed by atoms with van der Waals surface area (Å²) < 4.78 is 43.6. The molecule has 1 fully saturated rings. The third-order valence-corrected chi connectivity index (χ3v) is 4.09. The van der Waals surface area contributed by atoms with Crippen molar-refractivity contribution in [3.8, 4) is 0 Å². The van der Waals surface area contributed by atoms with Gasteiger partial charge < -0.3 is 15.8 Å². The van der Waals surface area contributed by atoms with E-state index in [0.29, 0.717) is 37.6 Å². The molecule has 0 unspecified atom stereocenters. The molecule has 1 aliphatic heterocycles. The van der Waals surface area contributed by atoms with Gasteiger partial charge >= 0.3 is 6.18 Å². The number of nitrogens with one attached hydrogen (secondary N) is 1. The van der Waals surface area contributed by atoms with Crippen molar-refractivity contribution < 1.29 is 17.9 Å². The van der Waals surface area contributed by atoms with Crippen molar-refractivity contribution in [1.29, 1.82) is 0 Å². The molecule has 25 heavy (non-hydrogen) atoms. The number of hydrogen-bond acceptors (Lipinski definition) is 5. The Morgan fingerprint density at radius 3 is 2.80 bits per heavy atom. The zero-order chi connectivity index (χ0) is 17.9. The van der Waals surface area contributed by atoms with Crippen LogP contribution in [-0.2, 0) is 17.3 Å². The molecule has 5 nitrogen and oxygen atoms in total. The number of anilines is 2. The number of rotatable bonds is 5. The van der Waals surface area contributed by atoms with Crippen LogP contribution in [0.2, 0.25) is 0 Å². The molecule has 2 heterocycles. The zero-order valence-electron chi connectivity index (χ0n) is 13.5. The molecule has 0 bridgehead atoms. The van der Waals surface area contributed by atoms with Gasteiger partial charge in [-0.25, -0.2) is 4.98 Å². The first-order chi connectivity index (χ1) is 11.9. The molecule has 0 radical (unpaired) electrons. The minimum Gasteiger partial charge on any atom is -0.381 e. The van der Waals surface area contributed by atoms with Gasteiger partial charge in [0.1, 0.15) is 5.82 Å². The molecule has 1 saturated heterocycles. The largest absolute Gasteiger partial charge is 0.416 e. The smallest absolute Gasteiger partial charge is 0.381 e. The van der Waals surface area contributed by atoms with Crippen LogP contribution >= 0.6 is 0 Å². The van der Waals surface area contributed by atoms with Crippen LogP contribution in [0.5, 0.6) is 0 Å². The van der Waals surface area contributed by atoms with Crippen LogP contribution in [0.1, 0.15) is 29.2 Å². The van der Waals surface area contributed by atoms with E-state index in [2.05, 4.69) is 15.3 Å². The van der Waals surface area contributed by atoms with Crippen LogP contribution in [0.4, 0.5) is 24.9 Å². The Bertz CT molecular complexity index is 730. The summed E-state index contributed by atoms with van der Waals surface area (Å²) in [5.74, 6) is 0.946. The zero-order valence-corrected chi connectivity index (χ0v) is 13.5. The SMILES string of the molecule is Nc1nc(NCCc2cccc(C(F)(F)F)c2)cc([C@@H]2CCOC2)n1. The van der Waals surface area contributed by atoms with Crippen molar-refractivity contribution in [2.45, 2.75) is 24.9 Å². The fraction of sp³-hybridized carbons (Fsp3) is 0.412. The van der Waals surface area contributed by atoms with E-state index >= 15 is 0 Å². The first-order valence-electron chi connectivity index (χ1n) is 8.04. The molecule has 1 aliphatic rings. The summed E-state index contributed by atoms with van der Waals surface area (Å²) >= 11 is 0. The van der Waals surface area contributed by atoms with Crippen molar-refractivity contribution in [3.63, 3.8) is 0 Å². The van der Waals surface area contributed by atoms with E-state index < -0.39 is 11.7 Å². The van der Waals surface area contributed by atoms with E-state index in [4.69, 9.17) is 10.5 Å². The highest BCUT2D eigenvalue weighted by Crippen LogP contribution is 2.29. The van der Waals surface area contributed by atoms with Gasteiger partial charge in [0.25, 0.3) is 0 Å². The maximum Gasteiger partial charge on any atom is 0.416 e. The van der Waals surface area contributed by atoms with Gasteiger partial charge in [0.2, 0.25) is 5.95 Å². The van der Waals surface area contributed by atoms with Gasteiger partial charge in [-0.2, -0.15) is 18.2 Å². The predicted molar refractivity (Wildman–Crippen MR) is 88.3 cm³/mol. The second-order valence-corrected chi connectivity index (χ2v) is 5.97. The average molecular weight is 352 g/mol. The van der Waals surface area contributed by atoms with Crippen LogP contribution in [-0.4, -0.2) is 29.7 Å². The highest BCUT2D eigenvalue weighted by molar-refractivity contribution is 5.42. The lowest BCUT2D eigenvalue weighted by Crippen LogP contribution is -2.11.